The van der Waals surface area contributed by atoms with Crippen molar-refractivity contribution in [3.63, 3.8) is 0 Å². The van der Waals surface area contributed by atoms with Gasteiger partial charge in [-0.3, -0.25) is 4.90 Å². The van der Waals surface area contributed by atoms with Gasteiger partial charge in [0.1, 0.15) is 4.34 Å². The Bertz CT molecular complexity index is 365. The van der Waals surface area contributed by atoms with Crippen LogP contribution >= 0.6 is 34.5 Å². The number of halogens is 2. The van der Waals surface area contributed by atoms with E-state index in [1.807, 2.05) is 7.05 Å². The quantitative estimate of drug-likeness (QED) is 0.914. The van der Waals surface area contributed by atoms with Gasteiger partial charge in [0, 0.05) is 13.1 Å². The molecule has 0 amide bonds. The Hall–Kier alpha value is 0.200. The molecule has 1 aromatic heterocycles. The van der Waals surface area contributed by atoms with Gasteiger partial charge in [0.05, 0.1) is 5.02 Å². The molecule has 0 aromatic carbocycles. The lowest BCUT2D eigenvalue weighted by molar-refractivity contribution is 0.167. The van der Waals surface area contributed by atoms with Gasteiger partial charge in [0.15, 0.2) is 0 Å². The molecule has 1 atom stereocenters. The smallest absolute Gasteiger partial charge is 0.112 e. The highest BCUT2D eigenvalue weighted by molar-refractivity contribution is 7.15. The summed E-state index contributed by atoms with van der Waals surface area (Å²) in [6.07, 6.45) is 2.61. The Morgan fingerprint density at radius 3 is 3.00 bits per heavy atom. The first-order valence-electron chi connectivity index (χ1n) is 5.99. The molecule has 5 heteroatoms. The van der Waals surface area contributed by atoms with Gasteiger partial charge in [-0.05, 0) is 49.8 Å². The predicted octanol–water partition coefficient (Wildman–Crippen LogP) is 3.49. The first-order chi connectivity index (χ1) is 8.20. The Morgan fingerprint density at radius 1 is 1.53 bits per heavy atom. The largest absolute Gasteiger partial charge is 0.319 e. The van der Waals surface area contributed by atoms with E-state index in [1.54, 1.807) is 0 Å². The van der Waals surface area contributed by atoms with Crippen molar-refractivity contribution in [1.29, 1.82) is 0 Å². The molecule has 0 spiro atoms. The van der Waals surface area contributed by atoms with E-state index in [2.05, 4.69) is 15.6 Å². The summed E-state index contributed by atoms with van der Waals surface area (Å²) >= 11 is 13.7. The number of rotatable bonds is 4. The van der Waals surface area contributed by atoms with Gasteiger partial charge in [0.2, 0.25) is 0 Å². The number of nitrogens with zero attached hydrogens (tertiary/aromatic N) is 1. The SMILES string of the molecule is CNCC1CCCN(Cc2csc(Cl)c2Cl)C1. The van der Waals surface area contributed by atoms with Crippen LogP contribution in [0, 0.1) is 5.92 Å². The van der Waals surface area contributed by atoms with E-state index in [0.717, 1.165) is 30.6 Å². The van der Waals surface area contributed by atoms with Crippen molar-refractivity contribution in [2.24, 2.45) is 5.92 Å². The van der Waals surface area contributed by atoms with Gasteiger partial charge in [-0.1, -0.05) is 23.2 Å². The minimum absolute atomic E-state index is 0.713. The Morgan fingerprint density at radius 2 is 2.35 bits per heavy atom. The van der Waals surface area contributed by atoms with E-state index in [1.165, 1.54) is 36.3 Å². The molecule has 0 bridgehead atoms. The molecule has 1 fully saturated rings. The molecule has 2 rings (SSSR count). The van der Waals surface area contributed by atoms with Gasteiger partial charge >= 0.3 is 0 Å². The molecule has 0 radical (unpaired) electrons. The lowest BCUT2D eigenvalue weighted by atomic mass is 9.98. The summed E-state index contributed by atoms with van der Waals surface area (Å²) in [5.41, 5.74) is 1.17. The molecule has 1 N–H and O–H groups in total. The van der Waals surface area contributed by atoms with Gasteiger partial charge < -0.3 is 5.32 Å². The van der Waals surface area contributed by atoms with Crippen molar-refractivity contribution in [2.75, 3.05) is 26.7 Å². The average molecular weight is 293 g/mol. The van der Waals surface area contributed by atoms with E-state index < -0.39 is 0 Å². The molecule has 1 unspecified atom stereocenters. The molecule has 96 valence electrons. The van der Waals surface area contributed by atoms with Crippen LogP contribution in [0.4, 0.5) is 0 Å². The standard InChI is InChI=1S/C12H18Cl2N2S/c1-15-5-9-3-2-4-16(6-9)7-10-8-17-12(14)11(10)13/h8-9,15H,2-7H2,1H3. The zero-order valence-electron chi connectivity index (χ0n) is 10.0. The predicted molar refractivity (Wildman–Crippen MR) is 76.3 cm³/mol. The van der Waals surface area contributed by atoms with E-state index >= 15 is 0 Å². The summed E-state index contributed by atoms with van der Waals surface area (Å²) < 4.78 is 0.713. The van der Waals surface area contributed by atoms with Crippen LogP contribution in [-0.2, 0) is 6.54 Å². The Kier molecular flexibility index (Phi) is 5.12. The van der Waals surface area contributed by atoms with Crippen molar-refractivity contribution in [1.82, 2.24) is 10.2 Å². The fourth-order valence-corrected chi connectivity index (χ4v) is 3.69. The van der Waals surface area contributed by atoms with Crippen molar-refractivity contribution >= 4 is 34.5 Å². The van der Waals surface area contributed by atoms with Gasteiger partial charge in [-0.25, -0.2) is 0 Å². The zero-order chi connectivity index (χ0) is 12.3. The Balaban J connectivity index is 1.92. The van der Waals surface area contributed by atoms with Gasteiger partial charge in [0.25, 0.3) is 0 Å². The third-order valence-electron chi connectivity index (χ3n) is 3.25. The van der Waals surface area contributed by atoms with Crippen molar-refractivity contribution in [3.05, 3.63) is 20.3 Å². The number of likely N-dealkylation sites (tertiary alicyclic amines) is 1. The van der Waals surface area contributed by atoms with Crippen LogP contribution in [0.2, 0.25) is 9.36 Å². The summed E-state index contributed by atoms with van der Waals surface area (Å²) in [5, 5.41) is 6.08. The maximum absolute atomic E-state index is 6.17. The molecule has 2 nitrogen and oxygen atoms in total. The third kappa shape index (κ3) is 3.58. The summed E-state index contributed by atoms with van der Waals surface area (Å²) in [6.45, 7) is 4.37. The lowest BCUT2D eigenvalue weighted by Crippen LogP contribution is -2.38. The molecule has 1 saturated heterocycles. The lowest BCUT2D eigenvalue weighted by Gasteiger charge is -2.32. The van der Waals surface area contributed by atoms with Crippen LogP contribution in [-0.4, -0.2) is 31.6 Å². The minimum Gasteiger partial charge on any atom is -0.319 e. The summed E-state index contributed by atoms with van der Waals surface area (Å²) in [7, 11) is 2.02. The number of thiophene rings is 1. The molecule has 0 saturated carbocycles. The zero-order valence-corrected chi connectivity index (χ0v) is 12.3. The topological polar surface area (TPSA) is 15.3 Å². The second kappa shape index (κ2) is 6.39. The average Bonchev–Trinajstić information content (AvgIpc) is 2.62. The molecular weight excluding hydrogens is 275 g/mol. The summed E-state index contributed by atoms with van der Waals surface area (Å²) in [6, 6.07) is 0. The van der Waals surface area contributed by atoms with E-state index in [-0.39, 0.29) is 0 Å². The van der Waals surface area contributed by atoms with Gasteiger partial charge in [-0.2, -0.15) is 0 Å². The van der Waals surface area contributed by atoms with E-state index in [0.29, 0.717) is 4.34 Å². The Labute approximate surface area is 117 Å². The highest BCUT2D eigenvalue weighted by Gasteiger charge is 2.20. The van der Waals surface area contributed by atoms with Crippen molar-refractivity contribution < 1.29 is 0 Å². The monoisotopic (exact) mass is 292 g/mol. The molecule has 17 heavy (non-hydrogen) atoms. The molecule has 2 heterocycles. The third-order valence-corrected chi connectivity index (χ3v) is 5.16. The minimum atomic E-state index is 0.713. The molecule has 1 aliphatic rings. The van der Waals surface area contributed by atoms with Crippen LogP contribution in [0.5, 0.6) is 0 Å². The van der Waals surface area contributed by atoms with Crippen LogP contribution in [0.25, 0.3) is 0 Å². The van der Waals surface area contributed by atoms with Crippen LogP contribution in [0.3, 0.4) is 0 Å². The number of piperidine rings is 1. The second-order valence-electron chi connectivity index (χ2n) is 4.65. The molecule has 1 aromatic rings. The fourth-order valence-electron chi connectivity index (χ4n) is 2.45. The fraction of sp³-hybridized carbons (Fsp3) is 0.667. The van der Waals surface area contributed by atoms with Crippen LogP contribution in [0.1, 0.15) is 18.4 Å². The number of hydrogen-bond acceptors (Lipinski definition) is 3. The first-order valence-corrected chi connectivity index (χ1v) is 7.62. The first kappa shape index (κ1) is 13.6. The number of nitrogens with one attached hydrogen (secondary N) is 1. The highest BCUT2D eigenvalue weighted by atomic mass is 35.5. The summed E-state index contributed by atoms with van der Waals surface area (Å²) in [4.78, 5) is 2.48. The van der Waals surface area contributed by atoms with Crippen molar-refractivity contribution in [3.8, 4) is 0 Å². The molecule has 1 aliphatic heterocycles. The maximum Gasteiger partial charge on any atom is 0.112 e. The van der Waals surface area contributed by atoms with Crippen LogP contribution < -0.4 is 5.32 Å². The normalized spacial score (nSPS) is 21.9. The van der Waals surface area contributed by atoms with E-state index in [4.69, 9.17) is 23.2 Å². The van der Waals surface area contributed by atoms with E-state index in [9.17, 15) is 0 Å². The number of hydrogen-bond donors (Lipinski definition) is 1. The highest BCUT2D eigenvalue weighted by Crippen LogP contribution is 2.33. The molecule has 0 aliphatic carbocycles. The molecular formula is C12H18Cl2N2S. The summed E-state index contributed by atoms with van der Waals surface area (Å²) in [5.74, 6) is 0.765. The second-order valence-corrected chi connectivity index (χ2v) is 6.51. The van der Waals surface area contributed by atoms with Crippen molar-refractivity contribution in [2.45, 2.75) is 19.4 Å². The maximum atomic E-state index is 6.17. The van der Waals surface area contributed by atoms with Gasteiger partial charge in [-0.15, -0.1) is 11.3 Å². The van der Waals surface area contributed by atoms with Crippen LogP contribution in [0.15, 0.2) is 5.38 Å².